The SMILES string of the molecule is C=Nc1ccccc1N/N=C(\N=C(N)c1c2ccccc2cc2oc3ccccc3c12)c1cccc2ccccc12. The van der Waals surface area contributed by atoms with Crippen molar-refractivity contribution in [3.05, 3.63) is 132 Å². The van der Waals surface area contributed by atoms with Crippen LogP contribution in [0.5, 0.6) is 0 Å². The van der Waals surface area contributed by atoms with Gasteiger partial charge >= 0.3 is 0 Å². The van der Waals surface area contributed by atoms with Gasteiger partial charge in [0.1, 0.15) is 17.0 Å². The van der Waals surface area contributed by atoms with Crippen LogP contribution in [0.15, 0.2) is 141 Å². The Kier molecular flexibility index (Phi) is 5.98. The number of benzene rings is 6. The summed E-state index contributed by atoms with van der Waals surface area (Å²) < 4.78 is 6.26. The van der Waals surface area contributed by atoms with Crippen molar-refractivity contribution in [2.24, 2.45) is 20.8 Å². The maximum atomic E-state index is 6.96. The molecule has 6 aromatic carbocycles. The lowest BCUT2D eigenvalue weighted by Crippen LogP contribution is -2.18. The number of nitrogens with one attached hydrogen (secondary N) is 1. The molecule has 0 bridgehead atoms. The highest BCUT2D eigenvalue weighted by Gasteiger charge is 2.19. The highest BCUT2D eigenvalue weighted by molar-refractivity contribution is 6.27. The van der Waals surface area contributed by atoms with E-state index >= 15 is 0 Å². The first kappa shape index (κ1) is 24.3. The molecule has 7 rings (SSSR count). The molecule has 6 heteroatoms. The van der Waals surface area contributed by atoms with Gasteiger partial charge in [-0.2, -0.15) is 5.10 Å². The smallest absolute Gasteiger partial charge is 0.181 e. The molecule has 3 N–H and O–H groups in total. The van der Waals surface area contributed by atoms with Crippen molar-refractivity contribution in [2.45, 2.75) is 0 Å². The number of anilines is 1. The van der Waals surface area contributed by atoms with E-state index in [4.69, 9.17) is 20.2 Å². The fourth-order valence-corrected chi connectivity index (χ4v) is 5.37. The average molecular weight is 532 g/mol. The van der Waals surface area contributed by atoms with E-state index in [2.05, 4.69) is 53.5 Å². The van der Waals surface area contributed by atoms with Crippen LogP contribution in [0, 0.1) is 0 Å². The highest BCUT2D eigenvalue weighted by Crippen LogP contribution is 2.36. The van der Waals surface area contributed by atoms with E-state index in [1.807, 2.05) is 84.9 Å². The molecule has 0 fully saturated rings. The van der Waals surface area contributed by atoms with Crippen molar-refractivity contribution in [1.29, 1.82) is 0 Å². The lowest BCUT2D eigenvalue weighted by molar-refractivity contribution is 0.669. The minimum absolute atomic E-state index is 0.335. The summed E-state index contributed by atoms with van der Waals surface area (Å²) in [7, 11) is 0. The first-order valence-corrected chi connectivity index (χ1v) is 13.3. The van der Waals surface area contributed by atoms with E-state index in [1.165, 1.54) is 0 Å². The maximum Gasteiger partial charge on any atom is 0.181 e. The molecule has 7 aromatic rings. The third kappa shape index (κ3) is 4.28. The largest absolute Gasteiger partial charge is 0.456 e. The van der Waals surface area contributed by atoms with Crippen LogP contribution >= 0.6 is 0 Å². The van der Waals surface area contributed by atoms with Crippen LogP contribution < -0.4 is 11.2 Å². The molecule has 0 aliphatic heterocycles. The molecule has 196 valence electrons. The fraction of sp³-hybridized carbons (Fsp3) is 0. The van der Waals surface area contributed by atoms with E-state index in [-0.39, 0.29) is 0 Å². The van der Waals surface area contributed by atoms with Gasteiger partial charge in [0, 0.05) is 21.9 Å². The van der Waals surface area contributed by atoms with Crippen molar-refractivity contribution in [3.8, 4) is 0 Å². The number of hydrogen-bond donors (Lipinski definition) is 2. The van der Waals surface area contributed by atoms with Crippen molar-refractivity contribution in [2.75, 3.05) is 5.43 Å². The van der Waals surface area contributed by atoms with Gasteiger partial charge in [-0.15, -0.1) is 0 Å². The molecule has 0 unspecified atom stereocenters. The van der Waals surface area contributed by atoms with Gasteiger partial charge in [-0.3, -0.25) is 10.4 Å². The summed E-state index contributed by atoms with van der Waals surface area (Å²) in [6.07, 6.45) is 0. The zero-order chi connectivity index (χ0) is 27.8. The number of fused-ring (bicyclic) bond motifs is 5. The Morgan fingerprint density at radius 1 is 0.683 bits per heavy atom. The molecule has 0 atom stereocenters. The van der Waals surface area contributed by atoms with Gasteiger partial charge in [-0.1, -0.05) is 97.1 Å². The summed E-state index contributed by atoms with van der Waals surface area (Å²) in [6, 6.07) is 40.0. The van der Waals surface area contributed by atoms with E-state index in [9.17, 15) is 0 Å². The van der Waals surface area contributed by atoms with E-state index < -0.39 is 0 Å². The minimum Gasteiger partial charge on any atom is -0.456 e. The number of hydrogen-bond acceptors (Lipinski definition) is 4. The number of amidine groups is 2. The number of para-hydroxylation sites is 3. The summed E-state index contributed by atoms with van der Waals surface area (Å²) in [5.74, 6) is 0.772. The van der Waals surface area contributed by atoms with E-state index in [0.717, 1.165) is 54.6 Å². The lowest BCUT2D eigenvalue weighted by Gasteiger charge is -2.12. The Morgan fingerprint density at radius 3 is 2.22 bits per heavy atom. The molecular weight excluding hydrogens is 506 g/mol. The maximum absolute atomic E-state index is 6.96. The molecule has 1 heterocycles. The van der Waals surface area contributed by atoms with Gasteiger partial charge in [0.05, 0.1) is 11.4 Å². The molecule has 0 aliphatic rings. The predicted octanol–water partition coefficient (Wildman–Crippen LogP) is 8.40. The summed E-state index contributed by atoms with van der Waals surface area (Å²) in [4.78, 5) is 9.14. The number of nitrogens with zero attached hydrogens (tertiary/aromatic N) is 3. The van der Waals surface area contributed by atoms with Crippen LogP contribution in [-0.2, 0) is 0 Å². The molecule has 1 aromatic heterocycles. The van der Waals surface area contributed by atoms with Gasteiger partial charge in [0.15, 0.2) is 5.84 Å². The number of hydrazone groups is 1. The van der Waals surface area contributed by atoms with Crippen LogP contribution in [0.3, 0.4) is 0 Å². The van der Waals surface area contributed by atoms with Crippen molar-refractivity contribution >= 4 is 73.2 Å². The van der Waals surface area contributed by atoms with Gasteiger partial charge in [0.2, 0.25) is 0 Å². The van der Waals surface area contributed by atoms with Gasteiger partial charge in [-0.05, 0) is 52.5 Å². The second-order valence-electron chi connectivity index (χ2n) is 9.69. The molecule has 0 radical (unpaired) electrons. The number of aliphatic imine (C=N–C) groups is 2. The molecule has 0 saturated carbocycles. The topological polar surface area (TPSA) is 88.3 Å². The zero-order valence-corrected chi connectivity index (χ0v) is 22.1. The molecule has 0 aliphatic carbocycles. The van der Waals surface area contributed by atoms with E-state index in [1.54, 1.807) is 0 Å². The third-order valence-corrected chi connectivity index (χ3v) is 7.26. The first-order valence-electron chi connectivity index (χ1n) is 13.3. The molecule has 0 spiro atoms. The van der Waals surface area contributed by atoms with Crippen LogP contribution in [0.25, 0.3) is 43.5 Å². The molecule has 0 amide bonds. The monoisotopic (exact) mass is 531 g/mol. The Balaban J connectivity index is 1.49. The van der Waals surface area contributed by atoms with Crippen LogP contribution in [0.1, 0.15) is 11.1 Å². The summed E-state index contributed by atoms with van der Waals surface area (Å²) in [6.45, 7) is 3.69. The Bertz CT molecular complexity index is 2170. The van der Waals surface area contributed by atoms with Crippen molar-refractivity contribution in [1.82, 2.24) is 0 Å². The van der Waals surface area contributed by atoms with Crippen LogP contribution in [0.2, 0.25) is 0 Å². The van der Waals surface area contributed by atoms with Crippen molar-refractivity contribution < 1.29 is 4.42 Å². The zero-order valence-electron chi connectivity index (χ0n) is 22.1. The van der Waals surface area contributed by atoms with Gasteiger partial charge in [0.25, 0.3) is 0 Å². The fourth-order valence-electron chi connectivity index (χ4n) is 5.37. The number of nitrogens with two attached hydrogens (primary N) is 1. The number of furan rings is 1. The summed E-state index contributed by atoms with van der Waals surface area (Å²) in [5.41, 5.74) is 14.7. The minimum atomic E-state index is 0.335. The molecule has 6 nitrogen and oxygen atoms in total. The first-order chi connectivity index (χ1) is 20.2. The second-order valence-corrected chi connectivity index (χ2v) is 9.69. The van der Waals surface area contributed by atoms with Crippen LogP contribution in [-0.4, -0.2) is 18.4 Å². The van der Waals surface area contributed by atoms with Crippen LogP contribution in [0.4, 0.5) is 11.4 Å². The van der Waals surface area contributed by atoms with Gasteiger partial charge < -0.3 is 10.2 Å². The molecular formula is C35H25N5O. The Labute approximate surface area is 236 Å². The third-order valence-electron chi connectivity index (χ3n) is 7.26. The normalized spacial score (nSPS) is 12.4. The predicted molar refractivity (Wildman–Crippen MR) is 172 cm³/mol. The Hall–Kier alpha value is -5.75. The van der Waals surface area contributed by atoms with Crippen molar-refractivity contribution in [3.63, 3.8) is 0 Å². The highest BCUT2D eigenvalue weighted by atomic mass is 16.3. The molecule has 41 heavy (non-hydrogen) atoms. The molecule has 0 saturated heterocycles. The van der Waals surface area contributed by atoms with Gasteiger partial charge in [-0.25, -0.2) is 4.99 Å². The summed E-state index contributed by atoms with van der Waals surface area (Å²) in [5, 5.41) is 10.8. The number of rotatable bonds is 5. The lowest BCUT2D eigenvalue weighted by atomic mass is 9.97. The second kappa shape index (κ2) is 10.1. The van der Waals surface area contributed by atoms with E-state index in [0.29, 0.717) is 23.0 Å². The summed E-state index contributed by atoms with van der Waals surface area (Å²) >= 11 is 0. The standard InChI is InChI=1S/C35H25N5O/c1-37-28-18-7-8-19-29(28)39-40-35(26-17-10-13-22-11-2-4-14-24(22)26)38-34(36)33-25-15-5-3-12-23(25)21-31-32(33)27-16-6-9-20-30(27)41-31/h2-21,39H,1H2,(H2,36,38,40). The quantitative estimate of drug-likeness (QED) is 0.133. The Morgan fingerprint density at radius 2 is 1.37 bits per heavy atom. The average Bonchev–Trinajstić information content (AvgIpc) is 3.39.